The van der Waals surface area contributed by atoms with E-state index in [9.17, 15) is 13.2 Å². The molecule has 0 amide bonds. The molecule has 0 aliphatic rings. The van der Waals surface area contributed by atoms with E-state index in [0.717, 1.165) is 34.0 Å². The standard InChI is InChI=1S/C19H15F3O2/c1-23-17-10-14-4-3-13(9-15(14)11-18(17)24-2)12-5-7-16(8-6-12)19(20,21)22/h3-11H,1-2H3. The van der Waals surface area contributed by atoms with Crippen molar-refractivity contribution in [1.82, 2.24) is 0 Å². The first-order valence-corrected chi connectivity index (χ1v) is 7.26. The van der Waals surface area contributed by atoms with Gasteiger partial charge >= 0.3 is 6.18 Å². The summed E-state index contributed by atoms with van der Waals surface area (Å²) in [5.74, 6) is 1.24. The second-order valence-corrected chi connectivity index (χ2v) is 5.34. The van der Waals surface area contributed by atoms with Crippen LogP contribution in [0.5, 0.6) is 11.5 Å². The van der Waals surface area contributed by atoms with Gasteiger partial charge in [-0.25, -0.2) is 0 Å². The van der Waals surface area contributed by atoms with Crippen molar-refractivity contribution in [2.24, 2.45) is 0 Å². The lowest BCUT2D eigenvalue weighted by Gasteiger charge is -2.11. The lowest BCUT2D eigenvalue weighted by molar-refractivity contribution is -0.137. The Labute approximate surface area is 137 Å². The second-order valence-electron chi connectivity index (χ2n) is 5.34. The fraction of sp³-hybridized carbons (Fsp3) is 0.158. The van der Waals surface area contributed by atoms with Crippen LogP contribution in [-0.4, -0.2) is 14.2 Å². The Morgan fingerprint density at radius 3 is 1.75 bits per heavy atom. The number of fused-ring (bicyclic) bond motifs is 1. The molecule has 0 spiro atoms. The van der Waals surface area contributed by atoms with E-state index >= 15 is 0 Å². The predicted octanol–water partition coefficient (Wildman–Crippen LogP) is 5.54. The number of hydrogen-bond donors (Lipinski definition) is 0. The third-order valence-electron chi connectivity index (χ3n) is 3.89. The predicted molar refractivity (Wildman–Crippen MR) is 87.5 cm³/mol. The van der Waals surface area contributed by atoms with E-state index in [-0.39, 0.29) is 0 Å². The number of rotatable bonds is 3. The normalized spacial score (nSPS) is 11.5. The minimum absolute atomic E-state index is 0.606. The molecule has 2 nitrogen and oxygen atoms in total. The van der Waals surface area contributed by atoms with Crippen molar-refractivity contribution < 1.29 is 22.6 Å². The molecule has 0 N–H and O–H groups in total. The number of methoxy groups -OCH3 is 2. The van der Waals surface area contributed by atoms with Crippen LogP contribution in [0.4, 0.5) is 13.2 Å². The molecule has 24 heavy (non-hydrogen) atoms. The molecule has 0 aliphatic carbocycles. The van der Waals surface area contributed by atoms with Gasteiger partial charge in [-0.15, -0.1) is 0 Å². The Bertz CT molecular complexity index is 868. The van der Waals surface area contributed by atoms with Gasteiger partial charge in [0.25, 0.3) is 0 Å². The Morgan fingerprint density at radius 2 is 1.21 bits per heavy atom. The van der Waals surface area contributed by atoms with E-state index in [1.54, 1.807) is 14.2 Å². The highest BCUT2D eigenvalue weighted by Crippen LogP contribution is 2.35. The molecule has 3 aromatic carbocycles. The first-order chi connectivity index (χ1) is 11.4. The molecule has 3 aromatic rings. The third kappa shape index (κ3) is 3.02. The minimum Gasteiger partial charge on any atom is -0.493 e. The molecule has 5 heteroatoms. The van der Waals surface area contributed by atoms with Crippen LogP contribution in [0.2, 0.25) is 0 Å². The van der Waals surface area contributed by atoms with Crippen LogP contribution in [-0.2, 0) is 6.18 Å². The fourth-order valence-electron chi connectivity index (χ4n) is 2.61. The van der Waals surface area contributed by atoms with Crippen molar-refractivity contribution >= 4 is 10.8 Å². The van der Waals surface area contributed by atoms with Crippen molar-refractivity contribution in [2.45, 2.75) is 6.18 Å². The largest absolute Gasteiger partial charge is 0.493 e. The summed E-state index contributed by atoms with van der Waals surface area (Å²) in [5, 5.41) is 1.88. The van der Waals surface area contributed by atoms with Crippen molar-refractivity contribution in [3.8, 4) is 22.6 Å². The van der Waals surface area contributed by atoms with Gasteiger partial charge in [0, 0.05) is 0 Å². The molecular weight excluding hydrogens is 317 g/mol. The van der Waals surface area contributed by atoms with Crippen LogP contribution in [0.25, 0.3) is 21.9 Å². The van der Waals surface area contributed by atoms with Crippen LogP contribution in [0.1, 0.15) is 5.56 Å². The summed E-state index contributed by atoms with van der Waals surface area (Å²) in [5.41, 5.74) is 0.904. The number of hydrogen-bond acceptors (Lipinski definition) is 2. The van der Waals surface area contributed by atoms with Gasteiger partial charge in [0.05, 0.1) is 19.8 Å². The van der Waals surface area contributed by atoms with E-state index < -0.39 is 11.7 Å². The maximum atomic E-state index is 12.7. The summed E-state index contributed by atoms with van der Waals surface area (Å²) in [7, 11) is 3.13. The number of halogens is 3. The highest BCUT2D eigenvalue weighted by atomic mass is 19.4. The molecule has 0 saturated carbocycles. The summed E-state index contributed by atoms with van der Waals surface area (Å²) < 4.78 is 48.5. The Balaban J connectivity index is 2.04. The zero-order valence-corrected chi connectivity index (χ0v) is 13.1. The molecule has 0 heterocycles. The third-order valence-corrected chi connectivity index (χ3v) is 3.89. The van der Waals surface area contributed by atoms with Gasteiger partial charge in [-0.3, -0.25) is 0 Å². The molecule has 0 radical (unpaired) electrons. The summed E-state index contributed by atoms with van der Waals surface area (Å²) in [6.07, 6.45) is -4.33. The van der Waals surface area contributed by atoms with Gasteiger partial charge in [-0.2, -0.15) is 13.2 Å². The van der Waals surface area contributed by atoms with Gasteiger partial charge in [-0.05, 0) is 52.2 Å². The lowest BCUT2D eigenvalue weighted by Crippen LogP contribution is -2.03. The topological polar surface area (TPSA) is 18.5 Å². The minimum atomic E-state index is -4.33. The van der Waals surface area contributed by atoms with Crippen LogP contribution in [0.3, 0.4) is 0 Å². The van der Waals surface area contributed by atoms with Crippen LogP contribution in [0.15, 0.2) is 54.6 Å². The SMILES string of the molecule is COc1cc2ccc(-c3ccc(C(F)(F)F)cc3)cc2cc1OC. The van der Waals surface area contributed by atoms with Gasteiger partial charge in [0.2, 0.25) is 0 Å². The molecular formula is C19H15F3O2. The van der Waals surface area contributed by atoms with Gasteiger partial charge in [0.15, 0.2) is 11.5 Å². The van der Waals surface area contributed by atoms with E-state index in [1.807, 2.05) is 30.3 Å². The first kappa shape index (κ1) is 16.2. The van der Waals surface area contributed by atoms with E-state index in [4.69, 9.17) is 9.47 Å². The van der Waals surface area contributed by atoms with Crippen LogP contribution in [0, 0.1) is 0 Å². The monoisotopic (exact) mass is 332 g/mol. The summed E-state index contributed by atoms with van der Waals surface area (Å²) in [6.45, 7) is 0. The average molecular weight is 332 g/mol. The van der Waals surface area contributed by atoms with Crippen molar-refractivity contribution in [2.75, 3.05) is 14.2 Å². The van der Waals surface area contributed by atoms with E-state index in [2.05, 4.69) is 0 Å². The van der Waals surface area contributed by atoms with E-state index in [1.165, 1.54) is 12.1 Å². The molecule has 0 bridgehead atoms. The van der Waals surface area contributed by atoms with Crippen molar-refractivity contribution in [1.29, 1.82) is 0 Å². The Morgan fingerprint density at radius 1 is 0.667 bits per heavy atom. The zero-order valence-electron chi connectivity index (χ0n) is 13.1. The quantitative estimate of drug-likeness (QED) is 0.627. The van der Waals surface area contributed by atoms with Crippen molar-refractivity contribution in [3.05, 3.63) is 60.2 Å². The van der Waals surface area contributed by atoms with Crippen molar-refractivity contribution in [3.63, 3.8) is 0 Å². The average Bonchev–Trinajstić information content (AvgIpc) is 2.59. The Kier molecular flexibility index (Phi) is 4.09. The van der Waals surface area contributed by atoms with Crippen LogP contribution < -0.4 is 9.47 Å². The van der Waals surface area contributed by atoms with Crippen LogP contribution >= 0.6 is 0 Å². The number of benzene rings is 3. The molecule has 0 unspecified atom stereocenters. The molecule has 0 aliphatic heterocycles. The summed E-state index contributed by atoms with van der Waals surface area (Å²) >= 11 is 0. The van der Waals surface area contributed by atoms with Gasteiger partial charge < -0.3 is 9.47 Å². The molecule has 0 saturated heterocycles. The molecule has 3 rings (SSSR count). The molecule has 0 fully saturated rings. The summed E-state index contributed by atoms with van der Waals surface area (Å²) in [4.78, 5) is 0. The summed E-state index contributed by atoms with van der Waals surface area (Å²) in [6, 6.07) is 14.5. The molecule has 0 atom stereocenters. The van der Waals surface area contributed by atoms with Gasteiger partial charge in [-0.1, -0.05) is 24.3 Å². The molecule has 124 valence electrons. The second kappa shape index (κ2) is 6.07. The lowest BCUT2D eigenvalue weighted by atomic mass is 10.00. The zero-order chi connectivity index (χ0) is 17.3. The maximum absolute atomic E-state index is 12.7. The fourth-order valence-corrected chi connectivity index (χ4v) is 2.61. The van der Waals surface area contributed by atoms with E-state index in [0.29, 0.717) is 11.5 Å². The maximum Gasteiger partial charge on any atom is 0.416 e. The molecule has 0 aromatic heterocycles. The smallest absolute Gasteiger partial charge is 0.416 e. The highest BCUT2D eigenvalue weighted by Gasteiger charge is 2.29. The Hall–Kier alpha value is -2.69. The first-order valence-electron chi connectivity index (χ1n) is 7.26. The number of alkyl halides is 3. The number of ether oxygens (including phenoxy) is 2. The van der Waals surface area contributed by atoms with Gasteiger partial charge in [0.1, 0.15) is 0 Å². The highest BCUT2D eigenvalue weighted by molar-refractivity contribution is 5.90.